The van der Waals surface area contributed by atoms with Crippen molar-refractivity contribution in [1.82, 2.24) is 0 Å². The molecule has 0 heterocycles. The van der Waals surface area contributed by atoms with Gasteiger partial charge in [-0.1, -0.05) is 65.7 Å². The highest BCUT2D eigenvalue weighted by Gasteiger charge is 2.15. The van der Waals surface area contributed by atoms with Crippen LogP contribution in [-0.4, -0.2) is 12.1 Å². The Balaban J connectivity index is 3.57. The van der Waals surface area contributed by atoms with Crippen LogP contribution in [0.5, 0.6) is 0 Å². The summed E-state index contributed by atoms with van der Waals surface area (Å²) >= 11 is 0. The van der Waals surface area contributed by atoms with Gasteiger partial charge in [-0.25, -0.2) is 0 Å². The van der Waals surface area contributed by atoms with Crippen molar-refractivity contribution < 1.29 is 9.53 Å². The molecular weight excluding hydrogens is 236 g/mol. The van der Waals surface area contributed by atoms with Gasteiger partial charge in [0.15, 0.2) is 0 Å². The first-order valence-electron chi connectivity index (χ1n) is 8.14. The maximum Gasteiger partial charge on any atom is 0.302 e. The molecule has 3 atom stereocenters. The number of esters is 1. The molecule has 0 aliphatic rings. The molecular formula is C17H34O2. The van der Waals surface area contributed by atoms with Crippen molar-refractivity contribution in [3.05, 3.63) is 0 Å². The Morgan fingerprint density at radius 1 is 0.947 bits per heavy atom. The second kappa shape index (κ2) is 11.3. The summed E-state index contributed by atoms with van der Waals surface area (Å²) in [6, 6.07) is 0. The average Bonchev–Trinajstić information content (AvgIpc) is 2.33. The minimum Gasteiger partial charge on any atom is -0.463 e. The summed E-state index contributed by atoms with van der Waals surface area (Å²) in [5, 5.41) is 0. The van der Waals surface area contributed by atoms with Crippen LogP contribution >= 0.6 is 0 Å². The van der Waals surface area contributed by atoms with Gasteiger partial charge in [-0.05, 0) is 25.2 Å². The van der Waals surface area contributed by atoms with Gasteiger partial charge in [0.2, 0.25) is 0 Å². The van der Waals surface area contributed by atoms with Gasteiger partial charge < -0.3 is 4.74 Å². The molecule has 114 valence electrons. The largest absolute Gasteiger partial charge is 0.463 e. The third-order valence-corrected chi connectivity index (χ3v) is 4.06. The van der Waals surface area contributed by atoms with Crippen LogP contribution in [0.2, 0.25) is 0 Å². The number of carbonyl (C=O) groups is 1. The maximum atomic E-state index is 10.9. The first-order chi connectivity index (χ1) is 8.97. The van der Waals surface area contributed by atoms with Crippen molar-refractivity contribution in [1.29, 1.82) is 0 Å². The van der Waals surface area contributed by atoms with Crippen molar-refractivity contribution in [3.8, 4) is 0 Å². The van der Waals surface area contributed by atoms with Gasteiger partial charge >= 0.3 is 5.97 Å². The summed E-state index contributed by atoms with van der Waals surface area (Å²) in [5.74, 6) is 1.15. The van der Waals surface area contributed by atoms with Crippen LogP contribution in [0.15, 0.2) is 0 Å². The molecule has 0 unspecified atom stereocenters. The molecule has 0 N–H and O–H groups in total. The van der Waals surface area contributed by atoms with E-state index in [1.807, 2.05) is 6.92 Å². The van der Waals surface area contributed by atoms with E-state index in [4.69, 9.17) is 4.74 Å². The number of carbonyl (C=O) groups excluding carboxylic acids is 1. The summed E-state index contributed by atoms with van der Waals surface area (Å²) in [4.78, 5) is 10.9. The Bertz CT molecular complexity index is 225. The highest BCUT2D eigenvalue weighted by molar-refractivity contribution is 5.66. The second-order valence-electron chi connectivity index (χ2n) is 6.18. The van der Waals surface area contributed by atoms with Gasteiger partial charge in [-0.15, -0.1) is 0 Å². The number of hydrogen-bond acceptors (Lipinski definition) is 2. The van der Waals surface area contributed by atoms with E-state index < -0.39 is 0 Å². The van der Waals surface area contributed by atoms with Crippen molar-refractivity contribution in [2.24, 2.45) is 11.8 Å². The zero-order chi connectivity index (χ0) is 14.7. The van der Waals surface area contributed by atoms with Crippen LogP contribution in [0.3, 0.4) is 0 Å². The highest BCUT2D eigenvalue weighted by atomic mass is 16.5. The second-order valence-corrected chi connectivity index (χ2v) is 6.18. The Hall–Kier alpha value is -0.530. The Morgan fingerprint density at radius 3 is 2.16 bits per heavy atom. The number of hydrogen-bond donors (Lipinski definition) is 0. The SMILES string of the molecule is CCCCCC[C@@H](C)CCC[C@H](C)[C@@H](C)OC(C)=O. The smallest absolute Gasteiger partial charge is 0.302 e. The molecule has 0 fully saturated rings. The van der Waals surface area contributed by atoms with Crippen LogP contribution in [0.1, 0.15) is 86.0 Å². The summed E-state index contributed by atoms with van der Waals surface area (Å²) in [5.41, 5.74) is 0. The molecule has 0 aliphatic heterocycles. The molecule has 0 aromatic carbocycles. The molecule has 0 rings (SSSR count). The van der Waals surface area contributed by atoms with Gasteiger partial charge in [0.25, 0.3) is 0 Å². The van der Waals surface area contributed by atoms with E-state index in [-0.39, 0.29) is 12.1 Å². The first-order valence-corrected chi connectivity index (χ1v) is 8.14. The Morgan fingerprint density at radius 2 is 1.58 bits per heavy atom. The minimum absolute atomic E-state index is 0.0531. The third-order valence-electron chi connectivity index (χ3n) is 4.06. The lowest BCUT2D eigenvalue weighted by Crippen LogP contribution is -2.20. The number of ether oxygens (including phenoxy) is 1. The topological polar surface area (TPSA) is 26.3 Å². The predicted octanol–water partition coefficient (Wildman–Crippen LogP) is 5.35. The van der Waals surface area contributed by atoms with Gasteiger partial charge in [0.05, 0.1) is 0 Å². The summed E-state index contributed by atoms with van der Waals surface area (Å²) < 4.78 is 5.22. The molecule has 0 saturated heterocycles. The van der Waals surface area contributed by atoms with E-state index in [9.17, 15) is 4.79 Å². The van der Waals surface area contributed by atoms with Crippen molar-refractivity contribution >= 4 is 5.97 Å². The molecule has 0 spiro atoms. The Kier molecular flexibility index (Phi) is 11.0. The van der Waals surface area contributed by atoms with Crippen LogP contribution in [0, 0.1) is 11.8 Å². The van der Waals surface area contributed by atoms with Crippen molar-refractivity contribution in [2.45, 2.75) is 92.1 Å². The van der Waals surface area contributed by atoms with Gasteiger partial charge in [0.1, 0.15) is 6.10 Å². The standard InChI is InChI=1S/C17H34O2/c1-6-7-8-9-11-14(2)12-10-13-15(3)16(4)19-17(5)18/h14-16H,6-13H2,1-5H3/t14-,15+,16-/m1/s1. The fourth-order valence-electron chi connectivity index (χ4n) is 2.46. The fraction of sp³-hybridized carbons (Fsp3) is 0.941. The Labute approximate surface area is 120 Å². The molecule has 0 amide bonds. The summed E-state index contributed by atoms with van der Waals surface area (Å²) in [6.45, 7) is 10.3. The van der Waals surface area contributed by atoms with Crippen LogP contribution in [-0.2, 0) is 9.53 Å². The van der Waals surface area contributed by atoms with E-state index in [0.717, 1.165) is 12.3 Å². The van der Waals surface area contributed by atoms with Crippen molar-refractivity contribution in [3.63, 3.8) is 0 Å². The molecule has 0 radical (unpaired) electrons. The predicted molar refractivity (Wildman–Crippen MR) is 82.2 cm³/mol. The minimum atomic E-state index is -0.163. The van der Waals surface area contributed by atoms with Crippen LogP contribution < -0.4 is 0 Å². The molecule has 0 aliphatic carbocycles. The van der Waals surface area contributed by atoms with E-state index in [0.29, 0.717) is 5.92 Å². The normalized spacial score (nSPS) is 15.8. The zero-order valence-corrected chi connectivity index (χ0v) is 13.7. The number of unbranched alkanes of at least 4 members (excludes halogenated alkanes) is 3. The average molecular weight is 270 g/mol. The lowest BCUT2D eigenvalue weighted by Gasteiger charge is -2.20. The van der Waals surface area contributed by atoms with Gasteiger partial charge in [-0.2, -0.15) is 0 Å². The molecule has 19 heavy (non-hydrogen) atoms. The quantitative estimate of drug-likeness (QED) is 0.373. The maximum absolute atomic E-state index is 10.9. The highest BCUT2D eigenvalue weighted by Crippen LogP contribution is 2.20. The van der Waals surface area contributed by atoms with E-state index >= 15 is 0 Å². The van der Waals surface area contributed by atoms with Gasteiger partial charge in [0, 0.05) is 6.92 Å². The zero-order valence-electron chi connectivity index (χ0n) is 13.7. The molecule has 0 bridgehead atoms. The molecule has 0 aromatic rings. The molecule has 2 nitrogen and oxygen atoms in total. The lowest BCUT2D eigenvalue weighted by molar-refractivity contribution is -0.147. The van der Waals surface area contributed by atoms with Gasteiger partial charge in [-0.3, -0.25) is 4.79 Å². The fourth-order valence-corrected chi connectivity index (χ4v) is 2.46. The van der Waals surface area contributed by atoms with E-state index in [1.165, 1.54) is 51.9 Å². The number of rotatable bonds is 11. The molecule has 2 heteroatoms. The van der Waals surface area contributed by atoms with Crippen molar-refractivity contribution in [2.75, 3.05) is 0 Å². The van der Waals surface area contributed by atoms with E-state index in [2.05, 4.69) is 20.8 Å². The first kappa shape index (κ1) is 18.5. The summed E-state index contributed by atoms with van der Waals surface area (Å²) in [6.07, 6.45) is 10.6. The van der Waals surface area contributed by atoms with E-state index in [1.54, 1.807) is 0 Å². The lowest BCUT2D eigenvalue weighted by atomic mass is 9.93. The van der Waals surface area contributed by atoms with Crippen LogP contribution in [0.25, 0.3) is 0 Å². The molecule has 0 saturated carbocycles. The summed E-state index contributed by atoms with van der Waals surface area (Å²) in [7, 11) is 0. The monoisotopic (exact) mass is 270 g/mol. The van der Waals surface area contributed by atoms with Crippen LogP contribution in [0.4, 0.5) is 0 Å². The molecule has 0 aromatic heterocycles. The third kappa shape index (κ3) is 11.0.